The number of hydrogen-bond donors (Lipinski definition) is 1. The van der Waals surface area contributed by atoms with Crippen molar-refractivity contribution in [3.8, 4) is 0 Å². The highest BCUT2D eigenvalue weighted by Crippen LogP contribution is 2.29. The minimum absolute atomic E-state index is 0.0495. The van der Waals surface area contributed by atoms with Gasteiger partial charge in [0.2, 0.25) is 0 Å². The van der Waals surface area contributed by atoms with E-state index in [1.807, 2.05) is 0 Å². The Morgan fingerprint density at radius 1 is 1.53 bits per heavy atom. The Morgan fingerprint density at radius 2 is 2.24 bits per heavy atom. The minimum atomic E-state index is -4.22. The molecule has 1 fully saturated rings. The van der Waals surface area contributed by atoms with Crippen LogP contribution in [0.15, 0.2) is 0 Å². The van der Waals surface area contributed by atoms with Gasteiger partial charge in [0.25, 0.3) is 0 Å². The zero-order chi connectivity index (χ0) is 12.9. The lowest BCUT2D eigenvalue weighted by Crippen LogP contribution is -2.45. The second-order valence-electron chi connectivity index (χ2n) is 4.22. The van der Waals surface area contributed by atoms with E-state index >= 15 is 0 Å². The molecule has 100 valence electrons. The number of alkyl halides is 3. The first-order valence-electron chi connectivity index (χ1n) is 5.62. The van der Waals surface area contributed by atoms with Crippen molar-refractivity contribution >= 4 is 17.8 Å². The minimum Gasteiger partial charge on any atom is -0.337 e. The van der Waals surface area contributed by atoms with Gasteiger partial charge >= 0.3 is 11.5 Å². The normalized spacial score (nSPS) is 21.4. The number of hydrogen-bond acceptors (Lipinski definition) is 2. The van der Waals surface area contributed by atoms with Crippen LogP contribution in [0.3, 0.4) is 0 Å². The molecule has 0 bridgehead atoms. The molecular formula is C10H17F3N2OS. The van der Waals surface area contributed by atoms with E-state index in [1.54, 1.807) is 4.90 Å². The zero-order valence-corrected chi connectivity index (χ0v) is 10.5. The van der Waals surface area contributed by atoms with Crippen molar-refractivity contribution < 1.29 is 18.0 Å². The Bertz CT molecular complexity index is 260. The lowest BCUT2D eigenvalue weighted by atomic mass is 10.0. The summed E-state index contributed by atoms with van der Waals surface area (Å²) in [4.78, 5) is 13.3. The number of likely N-dealkylation sites (tertiary alicyclic amines) is 1. The summed E-state index contributed by atoms with van der Waals surface area (Å²) in [7, 11) is 0. The molecule has 1 saturated heterocycles. The number of piperidine rings is 1. The predicted molar refractivity (Wildman–Crippen MR) is 61.9 cm³/mol. The van der Waals surface area contributed by atoms with Gasteiger partial charge in [-0.05, 0) is 30.5 Å². The van der Waals surface area contributed by atoms with Gasteiger partial charge in [-0.25, -0.2) is 4.79 Å². The maximum atomic E-state index is 11.8. The van der Waals surface area contributed by atoms with Crippen LogP contribution in [0, 0.1) is 5.92 Å². The number of carbonyl (C=O) groups excluding carboxylic acids is 1. The Hall–Kier alpha value is -0.590. The number of rotatable bonds is 3. The first kappa shape index (κ1) is 14.5. The monoisotopic (exact) mass is 270 g/mol. The number of amides is 2. The number of thioether (sulfide) groups is 1. The highest BCUT2D eigenvalue weighted by molar-refractivity contribution is 8.00. The number of nitrogens with zero attached hydrogens (tertiary/aromatic N) is 1. The molecule has 1 unspecified atom stereocenters. The maximum absolute atomic E-state index is 11.8. The van der Waals surface area contributed by atoms with Gasteiger partial charge in [0.05, 0.1) is 0 Å². The molecule has 2 amide bonds. The van der Waals surface area contributed by atoms with Crippen LogP contribution in [0.1, 0.15) is 19.8 Å². The maximum Gasteiger partial charge on any atom is 0.441 e. The molecule has 1 aliphatic rings. The third-order valence-corrected chi connectivity index (χ3v) is 3.32. The molecule has 0 aromatic carbocycles. The van der Waals surface area contributed by atoms with Crippen LogP contribution in [-0.4, -0.2) is 41.8 Å². The summed E-state index contributed by atoms with van der Waals surface area (Å²) in [6, 6.07) is -0.251. The summed E-state index contributed by atoms with van der Waals surface area (Å²) in [5.74, 6) is 0.331. The van der Waals surface area contributed by atoms with Gasteiger partial charge in [-0.3, -0.25) is 0 Å². The first-order chi connectivity index (χ1) is 7.88. The van der Waals surface area contributed by atoms with Crippen LogP contribution >= 0.6 is 11.8 Å². The molecule has 0 aliphatic carbocycles. The standard InChI is InChI=1S/C10H17F3N2OS/c1-8-3-2-5-15(7-8)9(16)14-4-6-17-10(11,12)13/h8H,2-7H2,1H3,(H,14,16). The van der Waals surface area contributed by atoms with E-state index in [0.717, 1.165) is 12.8 Å². The Balaban J connectivity index is 2.16. The van der Waals surface area contributed by atoms with Gasteiger partial charge in [0.1, 0.15) is 0 Å². The smallest absolute Gasteiger partial charge is 0.337 e. The fourth-order valence-corrected chi connectivity index (χ4v) is 2.25. The largest absolute Gasteiger partial charge is 0.441 e. The van der Waals surface area contributed by atoms with Gasteiger partial charge < -0.3 is 10.2 Å². The van der Waals surface area contributed by atoms with E-state index in [-0.39, 0.29) is 30.1 Å². The molecule has 0 spiro atoms. The first-order valence-corrected chi connectivity index (χ1v) is 6.60. The summed E-state index contributed by atoms with van der Waals surface area (Å²) in [6.45, 7) is 3.51. The van der Waals surface area contributed by atoms with Gasteiger partial charge in [-0.15, -0.1) is 0 Å². The molecule has 0 saturated carbocycles. The average molecular weight is 270 g/mol. The molecular weight excluding hydrogens is 253 g/mol. The lowest BCUT2D eigenvalue weighted by molar-refractivity contribution is -0.0327. The summed E-state index contributed by atoms with van der Waals surface area (Å²) in [5, 5.41) is 2.51. The van der Waals surface area contributed by atoms with E-state index in [2.05, 4.69) is 12.2 Å². The predicted octanol–water partition coefficient (Wildman–Crippen LogP) is 2.68. The number of carbonyl (C=O) groups is 1. The van der Waals surface area contributed by atoms with Gasteiger partial charge in [-0.1, -0.05) is 6.92 Å². The van der Waals surface area contributed by atoms with E-state index in [4.69, 9.17) is 0 Å². The molecule has 17 heavy (non-hydrogen) atoms. The third-order valence-electron chi connectivity index (χ3n) is 2.59. The topological polar surface area (TPSA) is 32.3 Å². The molecule has 1 rings (SSSR count). The SMILES string of the molecule is CC1CCCN(C(=O)NCCSC(F)(F)F)C1. The average Bonchev–Trinajstić information content (AvgIpc) is 2.23. The number of halogens is 3. The molecule has 1 heterocycles. The lowest BCUT2D eigenvalue weighted by Gasteiger charge is -2.30. The van der Waals surface area contributed by atoms with Crippen molar-refractivity contribution in [2.75, 3.05) is 25.4 Å². The van der Waals surface area contributed by atoms with E-state index in [1.165, 1.54) is 0 Å². The molecule has 3 nitrogen and oxygen atoms in total. The van der Waals surface area contributed by atoms with Crippen molar-refractivity contribution in [3.63, 3.8) is 0 Å². The summed E-state index contributed by atoms with van der Waals surface area (Å²) in [5.41, 5.74) is -4.22. The molecule has 0 aromatic heterocycles. The molecule has 1 atom stereocenters. The quantitative estimate of drug-likeness (QED) is 0.800. The van der Waals surface area contributed by atoms with Gasteiger partial charge in [0, 0.05) is 25.4 Å². The number of urea groups is 1. The van der Waals surface area contributed by atoms with Crippen molar-refractivity contribution in [1.82, 2.24) is 10.2 Å². The number of nitrogens with one attached hydrogen (secondary N) is 1. The van der Waals surface area contributed by atoms with Crippen LogP contribution in [0.4, 0.5) is 18.0 Å². The Morgan fingerprint density at radius 3 is 2.82 bits per heavy atom. The molecule has 1 N–H and O–H groups in total. The third kappa shape index (κ3) is 6.05. The van der Waals surface area contributed by atoms with Crippen molar-refractivity contribution in [2.24, 2.45) is 5.92 Å². The summed E-state index contributed by atoms with van der Waals surface area (Å²) in [6.07, 6.45) is 2.07. The second-order valence-corrected chi connectivity index (χ2v) is 5.38. The molecule has 1 aliphatic heterocycles. The zero-order valence-electron chi connectivity index (χ0n) is 9.72. The van der Waals surface area contributed by atoms with Gasteiger partial charge in [0.15, 0.2) is 0 Å². The van der Waals surface area contributed by atoms with E-state index in [0.29, 0.717) is 19.0 Å². The van der Waals surface area contributed by atoms with E-state index in [9.17, 15) is 18.0 Å². The van der Waals surface area contributed by atoms with Crippen molar-refractivity contribution in [1.29, 1.82) is 0 Å². The summed E-state index contributed by atoms with van der Waals surface area (Å²) >= 11 is -0.110. The van der Waals surface area contributed by atoms with Crippen LogP contribution in [-0.2, 0) is 0 Å². The highest BCUT2D eigenvalue weighted by Gasteiger charge is 2.27. The van der Waals surface area contributed by atoms with Crippen LogP contribution in [0.5, 0.6) is 0 Å². The molecule has 0 radical (unpaired) electrons. The van der Waals surface area contributed by atoms with Gasteiger partial charge in [-0.2, -0.15) is 13.2 Å². The highest BCUT2D eigenvalue weighted by atomic mass is 32.2. The summed E-state index contributed by atoms with van der Waals surface area (Å²) < 4.78 is 35.5. The Labute approximate surface area is 103 Å². The molecule has 0 aromatic rings. The van der Waals surface area contributed by atoms with Crippen molar-refractivity contribution in [2.45, 2.75) is 25.3 Å². The van der Waals surface area contributed by atoms with Crippen LogP contribution in [0.2, 0.25) is 0 Å². The van der Waals surface area contributed by atoms with E-state index < -0.39 is 5.51 Å². The fourth-order valence-electron chi connectivity index (χ4n) is 1.81. The van der Waals surface area contributed by atoms with Crippen LogP contribution in [0.25, 0.3) is 0 Å². The molecule has 7 heteroatoms. The van der Waals surface area contributed by atoms with Crippen LogP contribution < -0.4 is 5.32 Å². The second kappa shape index (κ2) is 6.37. The Kier molecular flexibility index (Phi) is 5.42. The van der Waals surface area contributed by atoms with Crippen molar-refractivity contribution in [3.05, 3.63) is 0 Å². The fraction of sp³-hybridized carbons (Fsp3) is 0.900.